The van der Waals surface area contributed by atoms with Gasteiger partial charge in [0.05, 0.1) is 0 Å². The quantitative estimate of drug-likeness (QED) is 0.468. The molecule has 1 rings (SSSR count). The van der Waals surface area contributed by atoms with E-state index in [1.807, 2.05) is 0 Å². The van der Waals surface area contributed by atoms with Crippen LogP contribution in [0.3, 0.4) is 0 Å². The van der Waals surface area contributed by atoms with Crippen LogP contribution in [0.5, 0.6) is 0 Å². The Balaban J connectivity index is 3.31. The summed E-state index contributed by atoms with van der Waals surface area (Å²) >= 11 is 11.4. The third kappa shape index (κ3) is 1.88. The van der Waals surface area contributed by atoms with Crippen molar-refractivity contribution < 1.29 is 13.0 Å². The van der Waals surface area contributed by atoms with Gasteiger partial charge in [0.1, 0.15) is 0 Å². The molecule has 6 heteroatoms. The zero-order valence-corrected chi connectivity index (χ0v) is 9.35. The number of hydrogen-bond acceptors (Lipinski definition) is 2. The van der Waals surface area contributed by atoms with E-state index in [1.54, 1.807) is 0 Å². The summed E-state index contributed by atoms with van der Waals surface area (Å²) in [6, 6.07) is 0. The first-order valence-corrected chi connectivity index (χ1v) is 5.86. The zero-order chi connectivity index (χ0) is 11.0. The van der Waals surface area contributed by atoms with Gasteiger partial charge >= 0.3 is 0 Å². The molecule has 0 radical (unpaired) electrons. The Morgan fingerprint density at radius 1 is 1.64 bits per heavy atom. The molecule has 0 saturated heterocycles. The molecule has 3 nitrogen and oxygen atoms in total. The highest BCUT2D eigenvalue weighted by molar-refractivity contribution is 7.89. The minimum absolute atomic E-state index is 0.163. The molecule has 0 spiro atoms. The molecule has 2 unspecified atom stereocenters. The Hall–Kier alpha value is -0.290. The van der Waals surface area contributed by atoms with E-state index in [2.05, 4.69) is 6.58 Å². The fraction of sp³-hybridized carbons (Fsp3) is 0.250. The van der Waals surface area contributed by atoms with Crippen molar-refractivity contribution in [1.82, 2.24) is 0 Å². The van der Waals surface area contributed by atoms with E-state index in [-0.39, 0.29) is 5.03 Å². The largest absolute Gasteiger partial charge is 0.289 e. The van der Waals surface area contributed by atoms with Gasteiger partial charge in [-0.2, -0.15) is 8.42 Å². The lowest BCUT2D eigenvalue weighted by Gasteiger charge is -2.28. The number of halogens is 2. The smallest absolute Gasteiger partial charge is 0.284 e. The predicted octanol–water partition coefficient (Wildman–Crippen LogP) is 2.30. The predicted molar refractivity (Wildman–Crippen MR) is 56.9 cm³/mol. The van der Waals surface area contributed by atoms with E-state index in [0.29, 0.717) is 0 Å². The Bertz CT molecular complexity index is 410. The lowest BCUT2D eigenvalue weighted by molar-refractivity contribution is 0.459. The number of rotatable bonds is 2. The van der Waals surface area contributed by atoms with Gasteiger partial charge in [-0.25, -0.2) is 0 Å². The Labute approximate surface area is 92.5 Å². The van der Waals surface area contributed by atoms with Crippen LogP contribution in [0.15, 0.2) is 35.9 Å². The van der Waals surface area contributed by atoms with E-state index >= 15 is 0 Å². The Morgan fingerprint density at radius 2 is 2.21 bits per heavy atom. The van der Waals surface area contributed by atoms with Gasteiger partial charge in [0.2, 0.25) is 0 Å². The Morgan fingerprint density at radius 3 is 2.64 bits per heavy atom. The molecule has 0 saturated carbocycles. The number of hydrogen-bond donors (Lipinski definition) is 1. The molecular formula is C8H8Cl2O3S. The maximum absolute atomic E-state index is 11.1. The summed E-state index contributed by atoms with van der Waals surface area (Å²) in [5.41, 5.74) is 0. The van der Waals surface area contributed by atoms with Crippen LogP contribution in [0, 0.1) is 5.92 Å². The molecule has 0 aromatic carbocycles. The van der Waals surface area contributed by atoms with E-state index in [1.165, 1.54) is 18.2 Å². The van der Waals surface area contributed by atoms with Crippen molar-refractivity contribution in [2.24, 2.45) is 5.92 Å². The second-order valence-corrected chi connectivity index (χ2v) is 5.73. The first kappa shape index (κ1) is 11.8. The highest BCUT2D eigenvalue weighted by Crippen LogP contribution is 2.39. The molecule has 0 heterocycles. The van der Waals surface area contributed by atoms with Crippen LogP contribution in [0.1, 0.15) is 0 Å². The lowest BCUT2D eigenvalue weighted by Crippen LogP contribution is -2.38. The number of alkyl halides is 1. The average Bonchev–Trinajstić information content (AvgIpc) is 2.02. The van der Waals surface area contributed by atoms with E-state index in [9.17, 15) is 8.42 Å². The molecule has 0 aliphatic heterocycles. The summed E-state index contributed by atoms with van der Waals surface area (Å²) in [7, 11) is -4.44. The standard InChI is InChI=1S/C8H8Cl2O3S/c1-2-6-3-4-7(9)5-8(6,10)14(11,12)13/h2-6H,1H2,(H,11,12,13). The van der Waals surface area contributed by atoms with Gasteiger partial charge in [0.25, 0.3) is 10.1 Å². The number of allylic oxidation sites excluding steroid dienone is 4. The molecule has 0 aromatic rings. The van der Waals surface area contributed by atoms with Crippen molar-refractivity contribution in [2.75, 3.05) is 0 Å². The van der Waals surface area contributed by atoms with Crippen LogP contribution in [-0.4, -0.2) is 17.2 Å². The zero-order valence-electron chi connectivity index (χ0n) is 7.02. The molecule has 2 atom stereocenters. The highest BCUT2D eigenvalue weighted by Gasteiger charge is 2.45. The third-order valence-electron chi connectivity index (χ3n) is 1.90. The van der Waals surface area contributed by atoms with Crippen LogP contribution >= 0.6 is 23.2 Å². The normalized spacial score (nSPS) is 32.5. The van der Waals surface area contributed by atoms with Crippen molar-refractivity contribution in [2.45, 2.75) is 4.21 Å². The maximum atomic E-state index is 11.1. The second-order valence-electron chi connectivity index (χ2n) is 2.82. The Kier molecular flexibility index (Phi) is 3.11. The summed E-state index contributed by atoms with van der Waals surface area (Å²) in [5.74, 6) is -0.707. The molecule has 14 heavy (non-hydrogen) atoms. The van der Waals surface area contributed by atoms with Crippen molar-refractivity contribution in [3.05, 3.63) is 35.9 Å². The molecule has 0 aromatic heterocycles. The summed E-state index contributed by atoms with van der Waals surface area (Å²) in [5, 5.41) is 0.163. The summed E-state index contributed by atoms with van der Waals surface area (Å²) in [6.07, 6.45) is 5.38. The molecule has 0 bridgehead atoms. The second kappa shape index (κ2) is 3.70. The first-order valence-electron chi connectivity index (χ1n) is 3.66. The first-order chi connectivity index (χ1) is 6.31. The van der Waals surface area contributed by atoms with Gasteiger partial charge in [0.15, 0.2) is 4.21 Å². The van der Waals surface area contributed by atoms with Gasteiger partial charge in [-0.3, -0.25) is 4.55 Å². The van der Waals surface area contributed by atoms with Gasteiger partial charge in [0, 0.05) is 11.0 Å². The minimum Gasteiger partial charge on any atom is -0.284 e. The van der Waals surface area contributed by atoms with Crippen LogP contribution in [-0.2, 0) is 10.1 Å². The van der Waals surface area contributed by atoms with E-state index < -0.39 is 20.2 Å². The summed E-state index contributed by atoms with van der Waals surface area (Å²) < 4.78 is 29.2. The summed E-state index contributed by atoms with van der Waals surface area (Å²) in [4.78, 5) is 0. The minimum atomic E-state index is -4.44. The van der Waals surface area contributed by atoms with Crippen LogP contribution in [0.4, 0.5) is 0 Å². The SMILES string of the molecule is C=CC1C=CC(Cl)=CC1(Cl)S(=O)(=O)O. The fourth-order valence-corrected chi connectivity index (χ4v) is 2.58. The topological polar surface area (TPSA) is 54.4 Å². The maximum Gasteiger partial charge on any atom is 0.289 e. The van der Waals surface area contributed by atoms with Crippen molar-refractivity contribution in [3.63, 3.8) is 0 Å². The van der Waals surface area contributed by atoms with Gasteiger partial charge in [-0.1, -0.05) is 35.4 Å². The van der Waals surface area contributed by atoms with Crippen LogP contribution < -0.4 is 0 Å². The monoisotopic (exact) mass is 254 g/mol. The van der Waals surface area contributed by atoms with Crippen molar-refractivity contribution in [1.29, 1.82) is 0 Å². The van der Waals surface area contributed by atoms with Gasteiger partial charge in [-0.05, 0) is 12.2 Å². The highest BCUT2D eigenvalue weighted by atomic mass is 35.5. The van der Waals surface area contributed by atoms with E-state index in [0.717, 1.165) is 6.08 Å². The van der Waals surface area contributed by atoms with Crippen LogP contribution in [0.2, 0.25) is 0 Å². The molecule has 0 amide bonds. The third-order valence-corrected chi connectivity index (χ3v) is 4.26. The fourth-order valence-electron chi connectivity index (χ4n) is 1.14. The molecule has 1 aliphatic carbocycles. The molecule has 1 N–H and O–H groups in total. The summed E-state index contributed by atoms with van der Waals surface area (Å²) in [6.45, 7) is 3.43. The van der Waals surface area contributed by atoms with Gasteiger partial charge < -0.3 is 0 Å². The molecule has 78 valence electrons. The van der Waals surface area contributed by atoms with Crippen LogP contribution in [0.25, 0.3) is 0 Å². The molecule has 0 fully saturated rings. The average molecular weight is 255 g/mol. The molecular weight excluding hydrogens is 247 g/mol. The van der Waals surface area contributed by atoms with E-state index in [4.69, 9.17) is 27.8 Å². The molecule has 1 aliphatic rings. The van der Waals surface area contributed by atoms with Crippen molar-refractivity contribution >= 4 is 33.3 Å². The van der Waals surface area contributed by atoms with Gasteiger partial charge in [-0.15, -0.1) is 6.58 Å². The lowest BCUT2D eigenvalue weighted by atomic mass is 10.00. The van der Waals surface area contributed by atoms with Crippen molar-refractivity contribution in [3.8, 4) is 0 Å².